The Labute approximate surface area is 119 Å². The molecular weight excluding hydrogens is 279 g/mol. The van der Waals surface area contributed by atoms with Gasteiger partial charge < -0.3 is 13.8 Å². The lowest BCUT2D eigenvalue weighted by Gasteiger charge is -2.24. The maximum atomic E-state index is 12.9. The van der Waals surface area contributed by atoms with Gasteiger partial charge in [-0.1, -0.05) is 29.8 Å². The molecule has 0 heterocycles. The molecule has 0 fully saturated rings. The third kappa shape index (κ3) is 3.92. The number of aryl methyl sites for hydroxylation is 1. The molecule has 0 radical (unpaired) electrons. The number of methoxy groups -OCH3 is 1. The van der Waals surface area contributed by atoms with Gasteiger partial charge in [0.15, 0.2) is 5.66 Å². The van der Waals surface area contributed by atoms with Crippen LogP contribution >= 0.6 is 7.60 Å². The first-order chi connectivity index (χ1) is 9.48. The lowest BCUT2D eigenvalue weighted by Crippen LogP contribution is -2.17. The number of ether oxygens (including phenoxy) is 1. The van der Waals surface area contributed by atoms with E-state index in [-0.39, 0.29) is 13.2 Å². The average molecular weight is 300 g/mol. The third-order valence-corrected chi connectivity index (χ3v) is 5.13. The van der Waals surface area contributed by atoms with Crippen LogP contribution in [0.25, 0.3) is 0 Å². The van der Waals surface area contributed by atoms with Crippen LogP contribution in [0.5, 0.6) is 0 Å². The Hall–Kier alpha value is -1.16. The lowest BCUT2D eigenvalue weighted by atomic mass is 10.1. The standard InChI is InChI=1S/C14H21O5P/c1-5-18-20(16,19-6-2)13(14(15)17-4)12-9-7-11(3)8-10-12/h7-10,13H,5-6H2,1-4H3. The van der Waals surface area contributed by atoms with Crippen LogP contribution in [0.15, 0.2) is 24.3 Å². The zero-order valence-electron chi connectivity index (χ0n) is 12.3. The van der Waals surface area contributed by atoms with Crippen molar-refractivity contribution < 1.29 is 23.1 Å². The molecule has 112 valence electrons. The van der Waals surface area contributed by atoms with Crippen molar-refractivity contribution in [2.45, 2.75) is 26.4 Å². The summed E-state index contributed by atoms with van der Waals surface area (Å²) in [6.45, 7) is 5.72. The minimum atomic E-state index is -3.61. The Morgan fingerprint density at radius 2 is 1.65 bits per heavy atom. The van der Waals surface area contributed by atoms with Gasteiger partial charge in [-0.15, -0.1) is 0 Å². The van der Waals surface area contributed by atoms with E-state index in [0.717, 1.165) is 5.56 Å². The van der Waals surface area contributed by atoms with Crippen molar-refractivity contribution in [1.82, 2.24) is 0 Å². The van der Waals surface area contributed by atoms with Crippen molar-refractivity contribution in [3.8, 4) is 0 Å². The molecule has 1 rings (SSSR count). The molecule has 0 spiro atoms. The van der Waals surface area contributed by atoms with Crippen molar-refractivity contribution in [2.75, 3.05) is 20.3 Å². The van der Waals surface area contributed by atoms with E-state index in [1.54, 1.807) is 26.0 Å². The number of benzene rings is 1. The summed E-state index contributed by atoms with van der Waals surface area (Å²) in [5.41, 5.74) is 0.542. The maximum Gasteiger partial charge on any atom is 0.349 e. The first-order valence-electron chi connectivity index (χ1n) is 6.51. The second kappa shape index (κ2) is 7.58. The van der Waals surface area contributed by atoms with Gasteiger partial charge in [-0.2, -0.15) is 0 Å². The van der Waals surface area contributed by atoms with Crippen LogP contribution in [0.4, 0.5) is 0 Å². The second-order valence-corrected chi connectivity index (χ2v) is 6.32. The molecule has 1 unspecified atom stereocenters. The Kier molecular flexibility index (Phi) is 6.40. The second-order valence-electron chi connectivity index (χ2n) is 4.21. The highest BCUT2D eigenvalue weighted by Crippen LogP contribution is 2.61. The number of hydrogen-bond donors (Lipinski definition) is 0. The van der Waals surface area contributed by atoms with Gasteiger partial charge in [0.25, 0.3) is 0 Å². The Bertz CT molecular complexity index is 473. The fourth-order valence-corrected chi connectivity index (χ4v) is 3.85. The zero-order valence-corrected chi connectivity index (χ0v) is 13.2. The highest BCUT2D eigenvalue weighted by molar-refractivity contribution is 7.55. The monoisotopic (exact) mass is 300 g/mol. The summed E-state index contributed by atoms with van der Waals surface area (Å²) in [6, 6.07) is 7.16. The van der Waals surface area contributed by atoms with Gasteiger partial charge in [-0.25, -0.2) is 0 Å². The van der Waals surface area contributed by atoms with E-state index in [2.05, 4.69) is 0 Å². The fraction of sp³-hybridized carbons (Fsp3) is 0.500. The summed E-state index contributed by atoms with van der Waals surface area (Å²) in [4.78, 5) is 12.0. The quantitative estimate of drug-likeness (QED) is 0.570. The van der Waals surface area contributed by atoms with Crippen LogP contribution in [-0.4, -0.2) is 26.3 Å². The SMILES string of the molecule is CCOP(=O)(OCC)C(C(=O)OC)c1ccc(C)cc1. The van der Waals surface area contributed by atoms with Crippen molar-refractivity contribution in [2.24, 2.45) is 0 Å². The predicted octanol–water partition coefficient (Wildman–Crippen LogP) is 3.48. The molecule has 0 aliphatic carbocycles. The molecule has 6 heteroatoms. The molecule has 0 N–H and O–H groups in total. The van der Waals surface area contributed by atoms with Gasteiger partial charge in [0, 0.05) is 0 Å². The van der Waals surface area contributed by atoms with Crippen molar-refractivity contribution in [3.63, 3.8) is 0 Å². The minimum absolute atomic E-state index is 0.191. The molecule has 1 atom stereocenters. The number of rotatable bonds is 7. The van der Waals surface area contributed by atoms with E-state index in [4.69, 9.17) is 13.8 Å². The predicted molar refractivity (Wildman–Crippen MR) is 76.8 cm³/mol. The lowest BCUT2D eigenvalue weighted by molar-refractivity contribution is -0.140. The number of esters is 1. The van der Waals surface area contributed by atoms with E-state index < -0.39 is 19.2 Å². The summed E-state index contributed by atoms with van der Waals surface area (Å²) in [5.74, 6) is -0.626. The summed E-state index contributed by atoms with van der Waals surface area (Å²) in [5, 5.41) is 0. The van der Waals surface area contributed by atoms with Gasteiger partial charge in [0.05, 0.1) is 20.3 Å². The summed E-state index contributed by atoms with van der Waals surface area (Å²) in [7, 11) is -2.36. The first kappa shape index (κ1) is 16.9. The van der Waals surface area contributed by atoms with E-state index in [1.807, 2.05) is 19.1 Å². The molecule has 0 aromatic heterocycles. The zero-order chi connectivity index (χ0) is 15.2. The van der Waals surface area contributed by atoms with Gasteiger partial charge >= 0.3 is 13.6 Å². The maximum absolute atomic E-state index is 12.9. The molecular formula is C14H21O5P. The molecule has 20 heavy (non-hydrogen) atoms. The fourth-order valence-electron chi connectivity index (χ4n) is 1.85. The van der Waals surface area contributed by atoms with Crippen molar-refractivity contribution >= 4 is 13.6 Å². The van der Waals surface area contributed by atoms with Crippen molar-refractivity contribution in [3.05, 3.63) is 35.4 Å². The molecule has 0 saturated carbocycles. The summed E-state index contributed by atoms with van der Waals surface area (Å²) >= 11 is 0. The van der Waals surface area contributed by atoms with E-state index in [0.29, 0.717) is 5.56 Å². The van der Waals surface area contributed by atoms with Crippen LogP contribution in [0, 0.1) is 6.92 Å². The third-order valence-electron chi connectivity index (χ3n) is 2.75. The minimum Gasteiger partial charge on any atom is -0.468 e. The molecule has 5 nitrogen and oxygen atoms in total. The normalized spacial score (nSPS) is 13.0. The van der Waals surface area contributed by atoms with E-state index in [1.165, 1.54) is 7.11 Å². The summed E-state index contributed by atoms with van der Waals surface area (Å²) in [6.07, 6.45) is 0. The van der Waals surface area contributed by atoms with Crippen LogP contribution in [0.3, 0.4) is 0 Å². The molecule has 0 amide bonds. The van der Waals surface area contributed by atoms with Gasteiger partial charge in [0.2, 0.25) is 0 Å². The topological polar surface area (TPSA) is 61.8 Å². The van der Waals surface area contributed by atoms with Gasteiger partial charge in [0.1, 0.15) is 0 Å². The average Bonchev–Trinajstić information content (AvgIpc) is 2.41. The number of carbonyl (C=O) groups excluding carboxylic acids is 1. The van der Waals surface area contributed by atoms with Crippen LogP contribution in [-0.2, 0) is 23.1 Å². The van der Waals surface area contributed by atoms with Crippen LogP contribution < -0.4 is 0 Å². The Morgan fingerprint density at radius 3 is 2.05 bits per heavy atom. The molecule has 0 bridgehead atoms. The largest absolute Gasteiger partial charge is 0.468 e. The number of carbonyl (C=O) groups is 1. The highest BCUT2D eigenvalue weighted by atomic mass is 31.2. The summed E-state index contributed by atoms with van der Waals surface area (Å²) < 4.78 is 28.2. The number of hydrogen-bond acceptors (Lipinski definition) is 5. The van der Waals surface area contributed by atoms with Crippen LogP contribution in [0.2, 0.25) is 0 Å². The molecule has 1 aromatic carbocycles. The Morgan fingerprint density at radius 1 is 1.15 bits per heavy atom. The van der Waals surface area contributed by atoms with E-state index >= 15 is 0 Å². The van der Waals surface area contributed by atoms with Gasteiger partial charge in [-0.3, -0.25) is 9.36 Å². The van der Waals surface area contributed by atoms with E-state index in [9.17, 15) is 9.36 Å². The molecule has 0 aliphatic rings. The first-order valence-corrected chi connectivity index (χ1v) is 8.12. The molecule has 0 aliphatic heterocycles. The van der Waals surface area contributed by atoms with Crippen LogP contribution in [0.1, 0.15) is 30.6 Å². The highest BCUT2D eigenvalue weighted by Gasteiger charge is 2.43. The smallest absolute Gasteiger partial charge is 0.349 e. The molecule has 0 saturated heterocycles. The van der Waals surface area contributed by atoms with Gasteiger partial charge in [-0.05, 0) is 26.3 Å². The van der Waals surface area contributed by atoms with Crippen molar-refractivity contribution in [1.29, 1.82) is 0 Å². The molecule has 1 aromatic rings. The Balaban J connectivity index is 3.26.